The quantitative estimate of drug-likeness (QED) is 0.480. The maximum atomic E-state index is 11.0. The van der Waals surface area contributed by atoms with Crippen molar-refractivity contribution in [1.29, 1.82) is 0 Å². The first-order valence-electron chi connectivity index (χ1n) is 4.36. The Bertz CT molecular complexity index is 128. The van der Waals surface area contributed by atoms with Gasteiger partial charge >= 0.3 is 0 Å². The van der Waals surface area contributed by atoms with Gasteiger partial charge in [0.1, 0.15) is 0 Å². The second kappa shape index (κ2) is 7.06. The molecule has 0 rings (SSSR count). The highest BCUT2D eigenvalue weighted by Gasteiger charge is 2.08. The molecular weight excluding hydrogens is 156 g/mol. The van der Waals surface area contributed by atoms with Gasteiger partial charge in [0.25, 0.3) is 0 Å². The molecule has 0 aromatic rings. The lowest BCUT2D eigenvalue weighted by atomic mass is 10.2. The van der Waals surface area contributed by atoms with E-state index in [1.165, 1.54) is 0 Å². The molecular formula is C8H18N2O2. The normalized spacial score (nSPS) is 12.6. The van der Waals surface area contributed by atoms with Crippen LogP contribution in [0.25, 0.3) is 0 Å². The highest BCUT2D eigenvalue weighted by molar-refractivity contribution is 5.81. The molecule has 0 bridgehead atoms. The first-order valence-corrected chi connectivity index (χ1v) is 4.36. The summed E-state index contributed by atoms with van der Waals surface area (Å²) in [5.74, 6) is -0.101. The van der Waals surface area contributed by atoms with Gasteiger partial charge in [0.05, 0.1) is 6.04 Å². The number of nitrogens with one attached hydrogen (secondary N) is 1. The molecule has 0 radical (unpaired) electrons. The third-order valence-corrected chi connectivity index (χ3v) is 1.66. The number of carbonyl (C=O) groups excluding carboxylic acids is 1. The summed E-state index contributed by atoms with van der Waals surface area (Å²) < 4.78 is 0. The van der Waals surface area contributed by atoms with Gasteiger partial charge < -0.3 is 16.2 Å². The van der Waals surface area contributed by atoms with Crippen molar-refractivity contribution < 1.29 is 9.90 Å². The van der Waals surface area contributed by atoms with Crippen LogP contribution >= 0.6 is 0 Å². The Hall–Kier alpha value is -0.610. The lowest BCUT2D eigenvalue weighted by Crippen LogP contribution is -2.40. The third-order valence-electron chi connectivity index (χ3n) is 1.66. The lowest BCUT2D eigenvalue weighted by molar-refractivity contribution is -0.122. The molecule has 4 N–H and O–H groups in total. The monoisotopic (exact) mass is 174 g/mol. The minimum Gasteiger partial charge on any atom is -0.396 e. The van der Waals surface area contributed by atoms with Gasteiger partial charge in [-0.15, -0.1) is 0 Å². The Balaban J connectivity index is 3.31. The summed E-state index contributed by atoms with van der Waals surface area (Å²) in [5, 5.41) is 11.1. The summed E-state index contributed by atoms with van der Waals surface area (Å²) in [7, 11) is 0. The van der Waals surface area contributed by atoms with Gasteiger partial charge in [-0.1, -0.05) is 6.92 Å². The Morgan fingerprint density at radius 1 is 1.58 bits per heavy atom. The second-order valence-corrected chi connectivity index (χ2v) is 2.74. The van der Waals surface area contributed by atoms with E-state index in [-0.39, 0.29) is 18.6 Å². The lowest BCUT2D eigenvalue weighted by Gasteiger charge is -2.08. The van der Waals surface area contributed by atoms with Crippen molar-refractivity contribution in [3.63, 3.8) is 0 Å². The molecule has 4 nitrogen and oxygen atoms in total. The summed E-state index contributed by atoms with van der Waals surface area (Å²) in [6.45, 7) is 2.65. The van der Waals surface area contributed by atoms with Gasteiger partial charge in [-0.25, -0.2) is 0 Å². The van der Waals surface area contributed by atoms with Gasteiger partial charge in [0.2, 0.25) is 5.91 Å². The van der Waals surface area contributed by atoms with Crippen molar-refractivity contribution in [2.75, 3.05) is 13.2 Å². The molecule has 1 atom stereocenters. The standard InChI is InChI=1S/C8H18N2O2/c1-2-7(9)8(12)10-5-3-4-6-11/h7,11H,2-6,9H2,1H3,(H,10,12). The Kier molecular flexibility index (Phi) is 6.70. The van der Waals surface area contributed by atoms with E-state index < -0.39 is 0 Å². The van der Waals surface area contributed by atoms with E-state index in [0.717, 1.165) is 12.8 Å². The maximum Gasteiger partial charge on any atom is 0.236 e. The fourth-order valence-electron chi connectivity index (χ4n) is 0.765. The zero-order valence-corrected chi connectivity index (χ0v) is 7.55. The summed E-state index contributed by atoms with van der Waals surface area (Å²) in [6, 6.07) is -0.390. The zero-order chi connectivity index (χ0) is 9.40. The number of aliphatic hydroxyl groups is 1. The van der Waals surface area contributed by atoms with E-state index in [4.69, 9.17) is 10.8 Å². The molecule has 0 aliphatic heterocycles. The molecule has 0 aliphatic rings. The fourth-order valence-corrected chi connectivity index (χ4v) is 0.765. The highest BCUT2D eigenvalue weighted by Crippen LogP contribution is 1.87. The molecule has 0 fully saturated rings. The number of nitrogens with two attached hydrogens (primary N) is 1. The van der Waals surface area contributed by atoms with Gasteiger partial charge in [-0.05, 0) is 19.3 Å². The molecule has 72 valence electrons. The Labute approximate surface area is 73.1 Å². The van der Waals surface area contributed by atoms with Gasteiger partial charge in [0, 0.05) is 13.2 Å². The number of aliphatic hydroxyl groups excluding tert-OH is 1. The molecule has 4 heteroatoms. The van der Waals surface area contributed by atoms with Crippen molar-refractivity contribution in [2.24, 2.45) is 5.73 Å². The van der Waals surface area contributed by atoms with Crippen LogP contribution in [0.2, 0.25) is 0 Å². The highest BCUT2D eigenvalue weighted by atomic mass is 16.2. The van der Waals surface area contributed by atoms with Crippen molar-refractivity contribution in [1.82, 2.24) is 5.32 Å². The molecule has 1 amide bonds. The summed E-state index contributed by atoms with van der Waals surface area (Å²) in [5.41, 5.74) is 5.47. The molecule has 0 saturated heterocycles. The van der Waals surface area contributed by atoms with Crippen molar-refractivity contribution >= 4 is 5.91 Å². The van der Waals surface area contributed by atoms with Gasteiger partial charge in [-0.2, -0.15) is 0 Å². The van der Waals surface area contributed by atoms with Crippen LogP contribution in [0, 0.1) is 0 Å². The van der Waals surface area contributed by atoms with Crippen LogP contribution in [0.3, 0.4) is 0 Å². The van der Waals surface area contributed by atoms with E-state index in [1.54, 1.807) is 0 Å². The molecule has 12 heavy (non-hydrogen) atoms. The van der Waals surface area contributed by atoms with Crippen LogP contribution in [0.1, 0.15) is 26.2 Å². The van der Waals surface area contributed by atoms with Crippen LogP contribution in [0.15, 0.2) is 0 Å². The minimum absolute atomic E-state index is 0.101. The van der Waals surface area contributed by atoms with Crippen LogP contribution in [0.5, 0.6) is 0 Å². The van der Waals surface area contributed by atoms with E-state index in [2.05, 4.69) is 5.32 Å². The predicted octanol–water partition coefficient (Wildman–Crippen LogP) is -0.388. The average Bonchev–Trinajstić information content (AvgIpc) is 2.10. The largest absolute Gasteiger partial charge is 0.396 e. The van der Waals surface area contributed by atoms with Crippen LogP contribution in [-0.2, 0) is 4.79 Å². The molecule has 0 aliphatic carbocycles. The number of amides is 1. The fraction of sp³-hybridized carbons (Fsp3) is 0.875. The first kappa shape index (κ1) is 11.4. The SMILES string of the molecule is CCC(N)C(=O)NCCCCO. The maximum absolute atomic E-state index is 11.0. The van der Waals surface area contributed by atoms with Gasteiger partial charge in [0.15, 0.2) is 0 Å². The topological polar surface area (TPSA) is 75.4 Å². The molecule has 0 aromatic carbocycles. The van der Waals surface area contributed by atoms with Crippen LogP contribution < -0.4 is 11.1 Å². The summed E-state index contributed by atoms with van der Waals surface area (Å²) in [4.78, 5) is 11.0. The van der Waals surface area contributed by atoms with Crippen LogP contribution in [-0.4, -0.2) is 30.2 Å². The smallest absolute Gasteiger partial charge is 0.236 e. The minimum atomic E-state index is -0.390. The van der Waals surface area contributed by atoms with E-state index in [9.17, 15) is 4.79 Å². The first-order chi connectivity index (χ1) is 5.72. The predicted molar refractivity (Wildman–Crippen MR) is 47.6 cm³/mol. The number of unbranched alkanes of at least 4 members (excludes halogenated alkanes) is 1. The zero-order valence-electron chi connectivity index (χ0n) is 7.55. The van der Waals surface area contributed by atoms with E-state index >= 15 is 0 Å². The van der Waals surface area contributed by atoms with Crippen molar-refractivity contribution in [3.05, 3.63) is 0 Å². The third kappa shape index (κ3) is 5.09. The summed E-state index contributed by atoms with van der Waals surface area (Å²) >= 11 is 0. The summed E-state index contributed by atoms with van der Waals surface area (Å²) in [6.07, 6.45) is 2.19. The molecule has 0 heterocycles. The molecule has 1 unspecified atom stereocenters. The van der Waals surface area contributed by atoms with Crippen LogP contribution in [0.4, 0.5) is 0 Å². The number of rotatable bonds is 6. The van der Waals surface area contributed by atoms with Crippen molar-refractivity contribution in [2.45, 2.75) is 32.2 Å². The number of carbonyl (C=O) groups is 1. The van der Waals surface area contributed by atoms with E-state index in [0.29, 0.717) is 13.0 Å². The molecule has 0 saturated carbocycles. The molecule has 0 aromatic heterocycles. The van der Waals surface area contributed by atoms with Crippen molar-refractivity contribution in [3.8, 4) is 0 Å². The Morgan fingerprint density at radius 3 is 2.75 bits per heavy atom. The average molecular weight is 174 g/mol. The van der Waals surface area contributed by atoms with Gasteiger partial charge in [-0.3, -0.25) is 4.79 Å². The second-order valence-electron chi connectivity index (χ2n) is 2.74. The molecule has 0 spiro atoms. The Morgan fingerprint density at radius 2 is 2.25 bits per heavy atom. The van der Waals surface area contributed by atoms with E-state index in [1.807, 2.05) is 6.92 Å². The number of hydrogen-bond acceptors (Lipinski definition) is 3. The number of hydrogen-bond donors (Lipinski definition) is 3.